The molecule has 0 aliphatic heterocycles. The van der Waals surface area contributed by atoms with Crippen molar-refractivity contribution in [3.63, 3.8) is 0 Å². The zero-order chi connectivity index (χ0) is 13.2. The zero-order valence-corrected chi connectivity index (χ0v) is 10.1. The first-order valence-electron chi connectivity index (χ1n) is 4.43. The Kier molecular flexibility index (Phi) is 4.35. The zero-order valence-electron chi connectivity index (χ0n) is 8.56. The van der Waals surface area contributed by atoms with Crippen molar-refractivity contribution >= 4 is 21.6 Å². The van der Waals surface area contributed by atoms with Crippen LogP contribution in [0, 0.1) is 10.1 Å². The Labute approximate surface area is 103 Å². The molecule has 0 fully saturated rings. The molecule has 0 spiro atoms. The van der Waals surface area contributed by atoms with Crippen LogP contribution in [0.5, 0.6) is 5.75 Å². The first-order valence-corrected chi connectivity index (χ1v) is 5.23. The van der Waals surface area contributed by atoms with E-state index in [-0.39, 0.29) is 5.56 Å². The van der Waals surface area contributed by atoms with Crippen LogP contribution in [0.2, 0.25) is 0 Å². The first kappa shape index (κ1) is 13.8. The molecule has 94 valence electrons. The van der Waals surface area contributed by atoms with Crippen LogP contribution in [0.3, 0.4) is 0 Å². The fourth-order valence-corrected chi connectivity index (χ4v) is 1.73. The van der Waals surface area contributed by atoms with E-state index in [2.05, 4.69) is 20.7 Å². The van der Waals surface area contributed by atoms with Gasteiger partial charge in [-0.1, -0.05) is 15.9 Å². The highest BCUT2D eigenvalue weighted by molar-refractivity contribution is 9.10. The minimum Gasteiger partial charge on any atom is -0.427 e. The second kappa shape index (κ2) is 5.37. The molecule has 0 saturated heterocycles. The monoisotopic (exact) mass is 311 g/mol. The third kappa shape index (κ3) is 3.34. The molecule has 1 atom stereocenters. The average Bonchev–Trinajstić information content (AvgIpc) is 2.18. The van der Waals surface area contributed by atoms with Crippen LogP contribution in [0.15, 0.2) is 16.6 Å². The third-order valence-corrected chi connectivity index (χ3v) is 2.37. The van der Waals surface area contributed by atoms with E-state index in [9.17, 15) is 24.0 Å². The Morgan fingerprint density at radius 3 is 2.53 bits per heavy atom. The van der Waals surface area contributed by atoms with Gasteiger partial charge in [0.2, 0.25) is 5.75 Å². The highest BCUT2D eigenvalue weighted by Crippen LogP contribution is 2.38. The molecular weight excluding hydrogens is 304 g/mol. The number of benzene rings is 1. The van der Waals surface area contributed by atoms with Crippen molar-refractivity contribution in [2.45, 2.75) is 19.6 Å². The summed E-state index contributed by atoms with van der Waals surface area (Å²) in [6, 6.07) is 2.32. The number of alkyl halides is 2. The molecule has 0 radical (unpaired) electrons. The van der Waals surface area contributed by atoms with Gasteiger partial charge in [0, 0.05) is 16.1 Å². The SMILES string of the molecule is C[C@@H](O)c1cc(Br)cc([N+](=O)[O-])c1OC(F)F. The van der Waals surface area contributed by atoms with Crippen molar-refractivity contribution in [1.82, 2.24) is 0 Å². The van der Waals surface area contributed by atoms with Gasteiger partial charge in [-0.3, -0.25) is 10.1 Å². The maximum absolute atomic E-state index is 12.2. The van der Waals surface area contributed by atoms with Crippen molar-refractivity contribution in [2.24, 2.45) is 0 Å². The Morgan fingerprint density at radius 1 is 1.53 bits per heavy atom. The Balaban J connectivity index is 3.41. The molecule has 0 aliphatic carbocycles. The molecule has 0 aromatic heterocycles. The van der Waals surface area contributed by atoms with Crippen molar-refractivity contribution in [1.29, 1.82) is 0 Å². The number of aliphatic hydroxyl groups excluding tert-OH is 1. The number of halogens is 3. The van der Waals surface area contributed by atoms with E-state index in [1.807, 2.05) is 0 Å². The third-order valence-electron chi connectivity index (χ3n) is 1.92. The van der Waals surface area contributed by atoms with Crippen LogP contribution < -0.4 is 4.74 Å². The van der Waals surface area contributed by atoms with Gasteiger partial charge in [-0.05, 0) is 13.0 Å². The predicted octanol–water partition coefficient (Wildman–Crippen LogP) is 3.01. The Morgan fingerprint density at radius 2 is 2.12 bits per heavy atom. The van der Waals surface area contributed by atoms with Gasteiger partial charge < -0.3 is 9.84 Å². The quantitative estimate of drug-likeness (QED) is 0.685. The van der Waals surface area contributed by atoms with Crippen molar-refractivity contribution in [3.8, 4) is 5.75 Å². The summed E-state index contributed by atoms with van der Waals surface area (Å²) >= 11 is 2.99. The molecule has 0 saturated carbocycles. The van der Waals surface area contributed by atoms with E-state index in [0.717, 1.165) is 6.07 Å². The van der Waals surface area contributed by atoms with Crippen molar-refractivity contribution < 1.29 is 23.5 Å². The smallest absolute Gasteiger partial charge is 0.387 e. The summed E-state index contributed by atoms with van der Waals surface area (Å²) in [5, 5.41) is 20.1. The topological polar surface area (TPSA) is 72.6 Å². The van der Waals surface area contributed by atoms with Gasteiger partial charge in [0.15, 0.2) is 0 Å². The molecule has 1 aromatic rings. The molecule has 1 rings (SSSR count). The molecule has 1 aromatic carbocycles. The largest absolute Gasteiger partial charge is 0.427 e. The molecule has 17 heavy (non-hydrogen) atoms. The Bertz CT molecular complexity index is 439. The van der Waals surface area contributed by atoms with E-state index < -0.39 is 29.1 Å². The van der Waals surface area contributed by atoms with Gasteiger partial charge in [0.1, 0.15) is 0 Å². The summed E-state index contributed by atoms with van der Waals surface area (Å²) in [4.78, 5) is 9.86. The summed E-state index contributed by atoms with van der Waals surface area (Å²) in [6.07, 6.45) is -1.17. The lowest BCUT2D eigenvalue weighted by Crippen LogP contribution is -2.08. The summed E-state index contributed by atoms with van der Waals surface area (Å²) in [7, 11) is 0. The van der Waals surface area contributed by atoms with Crippen LogP contribution in [0.4, 0.5) is 14.5 Å². The number of ether oxygens (including phenoxy) is 1. The molecule has 1 N–H and O–H groups in total. The number of nitro groups is 1. The first-order chi connectivity index (χ1) is 7.82. The molecule has 0 bridgehead atoms. The molecule has 8 heteroatoms. The van der Waals surface area contributed by atoms with Gasteiger partial charge in [-0.2, -0.15) is 8.78 Å². The minimum atomic E-state index is -3.20. The fraction of sp³-hybridized carbons (Fsp3) is 0.333. The van der Waals surface area contributed by atoms with Crippen LogP contribution in [0.25, 0.3) is 0 Å². The van der Waals surface area contributed by atoms with E-state index in [1.165, 1.54) is 13.0 Å². The van der Waals surface area contributed by atoms with Gasteiger partial charge in [0.25, 0.3) is 0 Å². The maximum atomic E-state index is 12.2. The van der Waals surface area contributed by atoms with E-state index >= 15 is 0 Å². The van der Waals surface area contributed by atoms with E-state index in [0.29, 0.717) is 4.47 Å². The standard InChI is InChI=1S/C9H8BrF2NO4/c1-4(14)6-2-5(10)3-7(13(15)16)8(6)17-9(11)12/h2-4,9,14H,1H3/t4-/m1/s1. The normalized spacial score (nSPS) is 12.6. The molecule has 0 unspecified atom stereocenters. The fourth-order valence-electron chi connectivity index (χ4n) is 1.26. The lowest BCUT2D eigenvalue weighted by molar-refractivity contribution is -0.386. The highest BCUT2D eigenvalue weighted by atomic mass is 79.9. The van der Waals surface area contributed by atoms with Crippen LogP contribution in [0.1, 0.15) is 18.6 Å². The van der Waals surface area contributed by atoms with Crippen LogP contribution in [-0.2, 0) is 0 Å². The van der Waals surface area contributed by atoms with Crippen LogP contribution in [-0.4, -0.2) is 16.6 Å². The average molecular weight is 312 g/mol. The summed E-state index contributed by atoms with van der Waals surface area (Å²) < 4.78 is 28.7. The number of hydrogen-bond acceptors (Lipinski definition) is 4. The number of nitro benzene ring substituents is 1. The van der Waals surface area contributed by atoms with Gasteiger partial charge >= 0.3 is 12.3 Å². The lowest BCUT2D eigenvalue weighted by Gasteiger charge is -2.13. The molecule has 0 amide bonds. The highest BCUT2D eigenvalue weighted by Gasteiger charge is 2.25. The number of rotatable bonds is 4. The van der Waals surface area contributed by atoms with Crippen molar-refractivity contribution in [2.75, 3.05) is 0 Å². The lowest BCUT2D eigenvalue weighted by atomic mass is 10.1. The number of aliphatic hydroxyl groups is 1. The van der Waals surface area contributed by atoms with Gasteiger partial charge in [-0.25, -0.2) is 0 Å². The molecule has 0 heterocycles. The minimum absolute atomic E-state index is 0.0774. The van der Waals surface area contributed by atoms with Crippen molar-refractivity contribution in [3.05, 3.63) is 32.3 Å². The molecule has 0 aliphatic rings. The summed E-state index contributed by atoms with van der Waals surface area (Å²) in [5.41, 5.74) is -0.707. The van der Waals surface area contributed by atoms with Crippen LogP contribution >= 0.6 is 15.9 Å². The molecule has 5 nitrogen and oxygen atoms in total. The van der Waals surface area contributed by atoms with E-state index in [1.54, 1.807) is 0 Å². The number of hydrogen-bond donors (Lipinski definition) is 1. The second-order valence-corrected chi connectivity index (χ2v) is 4.07. The summed E-state index contributed by atoms with van der Waals surface area (Å²) in [5.74, 6) is -0.622. The predicted molar refractivity (Wildman–Crippen MR) is 58.1 cm³/mol. The van der Waals surface area contributed by atoms with Gasteiger partial charge in [-0.15, -0.1) is 0 Å². The Hall–Kier alpha value is -1.28. The van der Waals surface area contributed by atoms with Gasteiger partial charge in [0.05, 0.1) is 11.0 Å². The van der Waals surface area contributed by atoms with E-state index in [4.69, 9.17) is 0 Å². The number of nitrogens with zero attached hydrogens (tertiary/aromatic N) is 1. The summed E-state index contributed by atoms with van der Waals surface area (Å²) in [6.45, 7) is -1.91. The molecular formula is C9H8BrF2NO4. The maximum Gasteiger partial charge on any atom is 0.387 e. The second-order valence-electron chi connectivity index (χ2n) is 3.15.